The molecule has 1 aliphatic rings. The smallest absolute Gasteiger partial charge is 0.227 e. The van der Waals surface area contributed by atoms with E-state index in [1.807, 2.05) is 6.07 Å². The van der Waals surface area contributed by atoms with Gasteiger partial charge in [0.2, 0.25) is 5.91 Å². The lowest BCUT2D eigenvalue weighted by Gasteiger charge is -2.36. The van der Waals surface area contributed by atoms with Crippen LogP contribution in [0.3, 0.4) is 0 Å². The standard InChI is InChI=1S/C19H29NO/c1-12(2)16-8-6-14(4)11-17(16)19(21)20-18-9-7-13(3)10-15(18)5/h7,9-10,12,14,16-17H,6,8,11H2,1-5H3,(H,20,21). The van der Waals surface area contributed by atoms with Gasteiger partial charge in [-0.25, -0.2) is 0 Å². The summed E-state index contributed by atoms with van der Waals surface area (Å²) < 4.78 is 0. The first-order chi connectivity index (χ1) is 9.88. The molecule has 0 spiro atoms. The van der Waals surface area contributed by atoms with E-state index in [0.29, 0.717) is 17.8 Å². The Morgan fingerprint density at radius 1 is 1.24 bits per heavy atom. The van der Waals surface area contributed by atoms with E-state index in [4.69, 9.17) is 0 Å². The Bertz CT molecular complexity index is 506. The highest BCUT2D eigenvalue weighted by atomic mass is 16.1. The first-order valence-electron chi connectivity index (χ1n) is 8.26. The normalized spacial score (nSPS) is 25.9. The Labute approximate surface area is 129 Å². The van der Waals surface area contributed by atoms with Gasteiger partial charge in [-0.1, -0.05) is 44.9 Å². The van der Waals surface area contributed by atoms with E-state index in [-0.39, 0.29) is 11.8 Å². The second-order valence-electron chi connectivity index (χ2n) is 7.24. The molecule has 0 aliphatic heterocycles. The Hall–Kier alpha value is -1.31. The van der Waals surface area contributed by atoms with Crippen LogP contribution in [-0.4, -0.2) is 5.91 Å². The third-order valence-corrected chi connectivity index (χ3v) is 5.00. The summed E-state index contributed by atoms with van der Waals surface area (Å²) in [5.74, 6) is 2.14. The number of carbonyl (C=O) groups is 1. The van der Waals surface area contributed by atoms with E-state index in [2.05, 4.69) is 52.1 Å². The average molecular weight is 287 g/mol. The van der Waals surface area contributed by atoms with Crippen LogP contribution in [-0.2, 0) is 4.79 Å². The largest absolute Gasteiger partial charge is 0.326 e. The van der Waals surface area contributed by atoms with Gasteiger partial charge in [-0.05, 0) is 56.1 Å². The zero-order valence-electron chi connectivity index (χ0n) is 14.1. The minimum Gasteiger partial charge on any atom is -0.326 e. The zero-order valence-corrected chi connectivity index (χ0v) is 14.1. The molecular formula is C19H29NO. The van der Waals surface area contributed by atoms with Gasteiger partial charge in [0.05, 0.1) is 0 Å². The van der Waals surface area contributed by atoms with Gasteiger partial charge in [0.1, 0.15) is 0 Å². The summed E-state index contributed by atoms with van der Waals surface area (Å²) in [4.78, 5) is 12.8. The molecule has 1 amide bonds. The second kappa shape index (κ2) is 6.64. The summed E-state index contributed by atoms with van der Waals surface area (Å²) >= 11 is 0. The molecule has 2 nitrogen and oxygen atoms in total. The van der Waals surface area contributed by atoms with Crippen LogP contribution in [0.4, 0.5) is 5.69 Å². The molecule has 2 rings (SSSR count). The number of carbonyl (C=O) groups excluding carboxylic acids is 1. The van der Waals surface area contributed by atoms with Crippen LogP contribution < -0.4 is 5.32 Å². The Morgan fingerprint density at radius 2 is 1.95 bits per heavy atom. The first kappa shape index (κ1) is 16.1. The van der Waals surface area contributed by atoms with Gasteiger partial charge in [-0.15, -0.1) is 0 Å². The molecule has 0 bridgehead atoms. The molecule has 1 aromatic rings. The number of hydrogen-bond acceptors (Lipinski definition) is 1. The van der Waals surface area contributed by atoms with Crippen LogP contribution in [0, 0.1) is 37.5 Å². The van der Waals surface area contributed by atoms with Crippen LogP contribution in [0.2, 0.25) is 0 Å². The molecule has 0 saturated heterocycles. The molecule has 0 radical (unpaired) electrons. The van der Waals surface area contributed by atoms with E-state index in [1.54, 1.807) is 0 Å². The van der Waals surface area contributed by atoms with E-state index < -0.39 is 0 Å². The number of rotatable bonds is 3. The molecule has 1 aromatic carbocycles. The van der Waals surface area contributed by atoms with Crippen molar-refractivity contribution in [2.75, 3.05) is 5.32 Å². The quantitative estimate of drug-likeness (QED) is 0.837. The molecule has 2 heteroatoms. The van der Waals surface area contributed by atoms with Crippen molar-refractivity contribution in [3.8, 4) is 0 Å². The highest BCUT2D eigenvalue weighted by Gasteiger charge is 2.35. The van der Waals surface area contributed by atoms with Gasteiger partial charge in [-0.2, -0.15) is 0 Å². The van der Waals surface area contributed by atoms with Crippen LogP contribution in [0.1, 0.15) is 51.2 Å². The van der Waals surface area contributed by atoms with E-state index in [9.17, 15) is 4.79 Å². The lowest BCUT2D eigenvalue weighted by molar-refractivity contribution is -0.124. The number of hydrogen-bond donors (Lipinski definition) is 1. The van der Waals surface area contributed by atoms with E-state index >= 15 is 0 Å². The predicted octanol–water partition coefficient (Wildman–Crippen LogP) is 4.95. The Morgan fingerprint density at radius 3 is 2.57 bits per heavy atom. The fraction of sp³-hybridized carbons (Fsp3) is 0.632. The van der Waals surface area contributed by atoms with Gasteiger partial charge in [0, 0.05) is 11.6 Å². The topological polar surface area (TPSA) is 29.1 Å². The molecule has 116 valence electrons. The van der Waals surface area contributed by atoms with Crippen molar-refractivity contribution in [3.63, 3.8) is 0 Å². The third-order valence-electron chi connectivity index (χ3n) is 5.00. The average Bonchev–Trinajstić information content (AvgIpc) is 2.41. The lowest BCUT2D eigenvalue weighted by atomic mass is 9.70. The molecule has 0 aromatic heterocycles. The number of anilines is 1. The number of benzene rings is 1. The van der Waals surface area contributed by atoms with Crippen LogP contribution >= 0.6 is 0 Å². The monoisotopic (exact) mass is 287 g/mol. The van der Waals surface area contributed by atoms with E-state index in [1.165, 1.54) is 18.4 Å². The van der Waals surface area contributed by atoms with Crippen molar-refractivity contribution in [1.82, 2.24) is 0 Å². The van der Waals surface area contributed by atoms with Gasteiger partial charge < -0.3 is 5.32 Å². The fourth-order valence-corrected chi connectivity index (χ4v) is 3.68. The first-order valence-corrected chi connectivity index (χ1v) is 8.26. The number of nitrogens with one attached hydrogen (secondary N) is 1. The SMILES string of the molecule is Cc1ccc(NC(=O)C2CC(C)CCC2C(C)C)c(C)c1. The number of aryl methyl sites for hydroxylation is 2. The summed E-state index contributed by atoms with van der Waals surface area (Å²) in [6.07, 6.45) is 3.47. The molecule has 1 saturated carbocycles. The summed E-state index contributed by atoms with van der Waals surface area (Å²) in [6.45, 7) is 10.9. The van der Waals surface area contributed by atoms with Crippen LogP contribution in [0.25, 0.3) is 0 Å². The maximum atomic E-state index is 12.8. The van der Waals surface area contributed by atoms with Crippen molar-refractivity contribution in [1.29, 1.82) is 0 Å². The van der Waals surface area contributed by atoms with Crippen LogP contribution in [0.15, 0.2) is 18.2 Å². The maximum Gasteiger partial charge on any atom is 0.227 e. The summed E-state index contributed by atoms with van der Waals surface area (Å²) in [5.41, 5.74) is 3.34. The van der Waals surface area contributed by atoms with Gasteiger partial charge in [0.15, 0.2) is 0 Å². The third kappa shape index (κ3) is 3.87. The highest BCUT2D eigenvalue weighted by molar-refractivity contribution is 5.93. The van der Waals surface area contributed by atoms with Crippen molar-refractivity contribution in [3.05, 3.63) is 29.3 Å². The summed E-state index contributed by atoms with van der Waals surface area (Å²) in [7, 11) is 0. The fourth-order valence-electron chi connectivity index (χ4n) is 3.68. The predicted molar refractivity (Wildman–Crippen MR) is 89.4 cm³/mol. The van der Waals surface area contributed by atoms with Crippen molar-refractivity contribution >= 4 is 11.6 Å². The molecule has 21 heavy (non-hydrogen) atoms. The molecule has 3 atom stereocenters. The lowest BCUT2D eigenvalue weighted by Crippen LogP contribution is -2.36. The number of amides is 1. The maximum absolute atomic E-state index is 12.8. The molecule has 3 unspecified atom stereocenters. The summed E-state index contributed by atoms with van der Waals surface area (Å²) in [6, 6.07) is 6.21. The molecule has 0 heterocycles. The van der Waals surface area contributed by atoms with Gasteiger partial charge >= 0.3 is 0 Å². The summed E-state index contributed by atoms with van der Waals surface area (Å²) in [5, 5.41) is 3.17. The van der Waals surface area contributed by atoms with Crippen molar-refractivity contribution < 1.29 is 4.79 Å². The minimum atomic E-state index is 0.162. The molecule has 1 aliphatic carbocycles. The second-order valence-corrected chi connectivity index (χ2v) is 7.24. The molecule has 1 fully saturated rings. The Kier molecular flexibility index (Phi) is 5.08. The van der Waals surface area contributed by atoms with Gasteiger partial charge in [-0.3, -0.25) is 4.79 Å². The minimum absolute atomic E-state index is 0.162. The zero-order chi connectivity index (χ0) is 15.6. The Balaban J connectivity index is 2.13. The molecule has 1 N–H and O–H groups in total. The van der Waals surface area contributed by atoms with Crippen molar-refractivity contribution in [2.45, 2.75) is 53.9 Å². The van der Waals surface area contributed by atoms with Crippen molar-refractivity contribution in [2.24, 2.45) is 23.7 Å². The van der Waals surface area contributed by atoms with E-state index in [0.717, 1.165) is 17.7 Å². The highest BCUT2D eigenvalue weighted by Crippen LogP contribution is 2.38. The van der Waals surface area contributed by atoms with Gasteiger partial charge in [0.25, 0.3) is 0 Å². The van der Waals surface area contributed by atoms with Crippen LogP contribution in [0.5, 0.6) is 0 Å². The molecular weight excluding hydrogens is 258 g/mol.